The van der Waals surface area contributed by atoms with Gasteiger partial charge in [-0.3, -0.25) is 9.69 Å². The van der Waals surface area contributed by atoms with Gasteiger partial charge in [0.2, 0.25) is 0 Å². The van der Waals surface area contributed by atoms with Gasteiger partial charge in [-0.25, -0.2) is 4.98 Å². The molecule has 1 saturated carbocycles. The third-order valence-corrected chi connectivity index (χ3v) is 4.60. The number of nitrogens with one attached hydrogen (secondary N) is 1. The van der Waals surface area contributed by atoms with Gasteiger partial charge in [-0.15, -0.1) is 0 Å². The predicted molar refractivity (Wildman–Crippen MR) is 76.6 cm³/mol. The zero-order valence-electron chi connectivity index (χ0n) is 11.8. The van der Waals surface area contributed by atoms with E-state index in [0.717, 1.165) is 19.5 Å². The number of alkyl halides is 3. The Morgan fingerprint density at radius 2 is 2.14 bits per heavy atom. The fourth-order valence-corrected chi connectivity index (χ4v) is 3.30. The van der Waals surface area contributed by atoms with Crippen LogP contribution < -0.4 is 5.32 Å². The van der Waals surface area contributed by atoms with Gasteiger partial charge in [-0.1, -0.05) is 0 Å². The number of pyridine rings is 1. The standard InChI is InChI=1S/C14H16F3N3OS/c15-14(16,17)22-13-11(2-1-6-18-13)12(21)19-9-5-7-20(8-9)10-3-4-10/h1-2,6,9-10H,3-5,7-8H2,(H,19,21)/t9-/m1/s1. The van der Waals surface area contributed by atoms with Gasteiger partial charge in [-0.2, -0.15) is 13.2 Å². The summed E-state index contributed by atoms with van der Waals surface area (Å²) in [6, 6.07) is 3.48. The Bertz CT molecular complexity index is 563. The molecule has 0 unspecified atom stereocenters. The summed E-state index contributed by atoms with van der Waals surface area (Å²) in [6.07, 6.45) is 4.50. The minimum atomic E-state index is -4.46. The lowest BCUT2D eigenvalue weighted by Gasteiger charge is -2.16. The average molecular weight is 331 g/mol. The maximum atomic E-state index is 12.5. The summed E-state index contributed by atoms with van der Waals surface area (Å²) in [4.78, 5) is 18.3. The van der Waals surface area contributed by atoms with Crippen LogP contribution in [0.5, 0.6) is 0 Å². The van der Waals surface area contributed by atoms with Crippen LogP contribution >= 0.6 is 11.8 Å². The molecule has 120 valence electrons. The number of hydrogen-bond acceptors (Lipinski definition) is 4. The Morgan fingerprint density at radius 3 is 2.82 bits per heavy atom. The van der Waals surface area contributed by atoms with E-state index >= 15 is 0 Å². The highest BCUT2D eigenvalue weighted by Gasteiger charge is 2.36. The molecule has 4 nitrogen and oxygen atoms in total. The second-order valence-electron chi connectivity index (χ2n) is 5.59. The summed E-state index contributed by atoms with van der Waals surface area (Å²) in [6.45, 7) is 1.71. The van der Waals surface area contributed by atoms with Crippen molar-refractivity contribution in [1.29, 1.82) is 0 Å². The van der Waals surface area contributed by atoms with E-state index in [4.69, 9.17) is 0 Å². The van der Waals surface area contributed by atoms with Crippen LogP contribution in [0.4, 0.5) is 13.2 Å². The molecule has 0 spiro atoms. The maximum Gasteiger partial charge on any atom is 0.447 e. The van der Waals surface area contributed by atoms with E-state index in [1.54, 1.807) is 0 Å². The zero-order chi connectivity index (χ0) is 15.7. The number of nitrogens with zero attached hydrogens (tertiary/aromatic N) is 2. The lowest BCUT2D eigenvalue weighted by Crippen LogP contribution is -2.37. The smallest absolute Gasteiger partial charge is 0.348 e. The summed E-state index contributed by atoms with van der Waals surface area (Å²) in [5.74, 6) is -0.484. The van der Waals surface area contributed by atoms with Gasteiger partial charge in [0.25, 0.3) is 5.91 Å². The number of halogens is 3. The Hall–Kier alpha value is -1.28. The van der Waals surface area contributed by atoms with Crippen LogP contribution in [0.2, 0.25) is 0 Å². The molecule has 2 fully saturated rings. The number of likely N-dealkylation sites (tertiary alicyclic amines) is 1. The summed E-state index contributed by atoms with van der Waals surface area (Å²) >= 11 is -0.353. The number of hydrogen-bond donors (Lipinski definition) is 1. The number of amides is 1. The Morgan fingerprint density at radius 1 is 1.36 bits per heavy atom. The predicted octanol–water partition coefficient (Wildman–Crippen LogP) is 2.66. The fourth-order valence-electron chi connectivity index (χ4n) is 2.69. The Balaban J connectivity index is 1.64. The summed E-state index contributed by atoms with van der Waals surface area (Å²) < 4.78 is 37.6. The molecule has 1 N–H and O–H groups in total. The molecule has 1 amide bonds. The number of carbonyl (C=O) groups is 1. The minimum Gasteiger partial charge on any atom is -0.348 e. The van der Waals surface area contributed by atoms with Gasteiger partial charge in [0.1, 0.15) is 5.03 Å². The third-order valence-electron chi connectivity index (χ3n) is 3.85. The van der Waals surface area contributed by atoms with Crippen molar-refractivity contribution in [3.63, 3.8) is 0 Å². The molecule has 1 atom stereocenters. The van der Waals surface area contributed by atoms with Gasteiger partial charge in [-0.05, 0) is 31.4 Å². The highest BCUT2D eigenvalue weighted by atomic mass is 32.2. The number of thioether (sulfide) groups is 1. The second kappa shape index (κ2) is 6.08. The van der Waals surface area contributed by atoms with Crippen LogP contribution in [0.25, 0.3) is 0 Å². The first-order valence-corrected chi connectivity index (χ1v) is 8.00. The van der Waals surface area contributed by atoms with E-state index in [1.807, 2.05) is 0 Å². The van der Waals surface area contributed by atoms with E-state index in [-0.39, 0.29) is 28.4 Å². The summed E-state index contributed by atoms with van der Waals surface area (Å²) in [5.41, 5.74) is -4.48. The largest absolute Gasteiger partial charge is 0.447 e. The van der Waals surface area contributed by atoms with Crippen molar-refractivity contribution in [3.05, 3.63) is 23.9 Å². The number of rotatable bonds is 4. The zero-order valence-corrected chi connectivity index (χ0v) is 12.6. The van der Waals surface area contributed by atoms with Crippen molar-refractivity contribution in [3.8, 4) is 0 Å². The molecule has 2 heterocycles. The van der Waals surface area contributed by atoms with Crippen LogP contribution in [0, 0.1) is 0 Å². The van der Waals surface area contributed by atoms with Crippen LogP contribution in [0.3, 0.4) is 0 Å². The Labute approximate surface area is 130 Å². The molecule has 0 bridgehead atoms. The molecule has 3 rings (SSSR count). The molecule has 1 aromatic rings. The topological polar surface area (TPSA) is 45.2 Å². The first-order chi connectivity index (χ1) is 10.4. The molecule has 1 aliphatic heterocycles. The lowest BCUT2D eigenvalue weighted by molar-refractivity contribution is -0.0329. The molecule has 22 heavy (non-hydrogen) atoms. The van der Waals surface area contributed by atoms with Crippen molar-refractivity contribution < 1.29 is 18.0 Å². The molecule has 1 aromatic heterocycles. The van der Waals surface area contributed by atoms with Crippen molar-refractivity contribution in [2.45, 2.75) is 41.9 Å². The first-order valence-electron chi connectivity index (χ1n) is 7.18. The van der Waals surface area contributed by atoms with Gasteiger partial charge in [0.05, 0.1) is 5.56 Å². The average Bonchev–Trinajstić information content (AvgIpc) is 3.18. The quantitative estimate of drug-likeness (QED) is 0.862. The minimum absolute atomic E-state index is 0.00274. The van der Waals surface area contributed by atoms with E-state index in [9.17, 15) is 18.0 Å². The van der Waals surface area contributed by atoms with Crippen LogP contribution in [0.1, 0.15) is 29.6 Å². The highest BCUT2D eigenvalue weighted by Crippen LogP contribution is 2.37. The number of aromatic nitrogens is 1. The van der Waals surface area contributed by atoms with E-state index in [1.165, 1.54) is 31.2 Å². The fraction of sp³-hybridized carbons (Fsp3) is 0.571. The van der Waals surface area contributed by atoms with E-state index in [0.29, 0.717) is 6.04 Å². The van der Waals surface area contributed by atoms with E-state index < -0.39 is 11.4 Å². The highest BCUT2D eigenvalue weighted by molar-refractivity contribution is 8.00. The first kappa shape index (κ1) is 15.6. The molecular weight excluding hydrogens is 315 g/mol. The van der Waals surface area contributed by atoms with E-state index in [2.05, 4.69) is 15.2 Å². The van der Waals surface area contributed by atoms with Crippen molar-refractivity contribution in [2.24, 2.45) is 0 Å². The molecule has 8 heteroatoms. The maximum absolute atomic E-state index is 12.5. The normalized spacial score (nSPS) is 22.8. The SMILES string of the molecule is O=C(N[C@@H]1CCN(C2CC2)C1)c1cccnc1SC(F)(F)F. The van der Waals surface area contributed by atoms with Gasteiger partial charge in [0.15, 0.2) is 0 Å². The van der Waals surface area contributed by atoms with Crippen molar-refractivity contribution in [2.75, 3.05) is 13.1 Å². The Kier molecular flexibility index (Phi) is 4.31. The molecule has 0 radical (unpaired) electrons. The molecular formula is C14H16F3N3OS. The van der Waals surface area contributed by atoms with Crippen LogP contribution in [-0.4, -0.2) is 46.5 Å². The summed E-state index contributed by atoms with van der Waals surface area (Å²) in [7, 11) is 0. The molecule has 1 aliphatic carbocycles. The van der Waals surface area contributed by atoms with Crippen LogP contribution in [-0.2, 0) is 0 Å². The van der Waals surface area contributed by atoms with Crippen LogP contribution in [0.15, 0.2) is 23.4 Å². The van der Waals surface area contributed by atoms with Gasteiger partial charge < -0.3 is 5.32 Å². The molecule has 1 saturated heterocycles. The summed E-state index contributed by atoms with van der Waals surface area (Å²) in [5, 5.41) is 2.53. The van der Waals surface area contributed by atoms with Gasteiger partial charge in [0, 0.05) is 43.1 Å². The molecule has 0 aromatic carbocycles. The number of carbonyl (C=O) groups excluding carboxylic acids is 1. The monoisotopic (exact) mass is 331 g/mol. The van der Waals surface area contributed by atoms with Crippen molar-refractivity contribution >= 4 is 17.7 Å². The van der Waals surface area contributed by atoms with Gasteiger partial charge >= 0.3 is 5.51 Å². The molecule has 2 aliphatic rings. The lowest BCUT2D eigenvalue weighted by atomic mass is 10.2. The second-order valence-corrected chi connectivity index (χ2v) is 6.64. The third kappa shape index (κ3) is 3.92. The van der Waals surface area contributed by atoms with Crippen molar-refractivity contribution in [1.82, 2.24) is 15.2 Å².